The Labute approximate surface area is 219 Å². The average molecular weight is 505 g/mol. The number of carbonyl (C=O) groups is 2. The van der Waals surface area contributed by atoms with Gasteiger partial charge in [-0.1, -0.05) is 41.0 Å². The van der Waals surface area contributed by atoms with Crippen LogP contribution in [-0.2, 0) is 19.1 Å². The van der Waals surface area contributed by atoms with Crippen LogP contribution in [0, 0.1) is 52.3 Å². The summed E-state index contributed by atoms with van der Waals surface area (Å²) in [7, 11) is 0. The lowest BCUT2D eigenvalue weighted by atomic mass is 9.41. The van der Waals surface area contributed by atoms with Crippen LogP contribution in [0.4, 0.5) is 0 Å². The summed E-state index contributed by atoms with van der Waals surface area (Å²) < 4.78 is 11.0. The lowest BCUT2D eigenvalue weighted by Crippen LogP contribution is -2.62. The topological polar surface area (TPSA) is 72.8 Å². The summed E-state index contributed by atoms with van der Waals surface area (Å²) in [6.45, 7) is 13.8. The van der Waals surface area contributed by atoms with E-state index in [2.05, 4.69) is 27.7 Å². The third-order valence-electron chi connectivity index (χ3n) is 11.8. The maximum Gasteiger partial charge on any atom is 0.305 e. The van der Waals surface area contributed by atoms with E-state index in [9.17, 15) is 14.7 Å². The molecular formula is C31H52O5. The molecule has 11 atom stereocenters. The molecule has 206 valence electrons. The Morgan fingerprint density at radius 2 is 1.64 bits per heavy atom. The standard InChI is InChI=1S/C31H52O5/c1-7-21-25-18-20(36-26(32)8-2)14-16-31(25,6)24-15-17-30(5)22(11-12-23(30)28(24)29(21)34)19(4)10-13-27(33)35-9-3/h19-25,28-29,34H,7-18H2,1-6H3/t19-,20-,21-,22-,23+,24+,25+,28+,29-,30-,31-/m1/s1. The second-order valence-electron chi connectivity index (χ2n) is 13.3. The molecule has 4 aliphatic carbocycles. The molecule has 0 radical (unpaired) electrons. The summed E-state index contributed by atoms with van der Waals surface area (Å²) in [5.74, 6) is 3.13. The smallest absolute Gasteiger partial charge is 0.305 e. The van der Waals surface area contributed by atoms with Crippen molar-refractivity contribution >= 4 is 11.9 Å². The summed E-state index contributed by atoms with van der Waals surface area (Å²) in [6, 6.07) is 0. The van der Waals surface area contributed by atoms with Crippen molar-refractivity contribution in [2.75, 3.05) is 6.61 Å². The van der Waals surface area contributed by atoms with E-state index in [4.69, 9.17) is 9.47 Å². The number of esters is 2. The number of rotatable bonds is 8. The molecule has 0 amide bonds. The van der Waals surface area contributed by atoms with Crippen LogP contribution in [0.3, 0.4) is 0 Å². The molecular weight excluding hydrogens is 452 g/mol. The first kappa shape index (κ1) is 27.9. The Morgan fingerprint density at radius 3 is 2.31 bits per heavy atom. The van der Waals surface area contributed by atoms with Crippen LogP contribution >= 0.6 is 0 Å². The number of ether oxygens (including phenoxy) is 2. The summed E-state index contributed by atoms with van der Waals surface area (Å²) in [5, 5.41) is 12.0. The van der Waals surface area contributed by atoms with Gasteiger partial charge in [0.15, 0.2) is 0 Å². The Kier molecular flexibility index (Phi) is 8.49. The van der Waals surface area contributed by atoms with Gasteiger partial charge in [0.2, 0.25) is 0 Å². The van der Waals surface area contributed by atoms with Crippen molar-refractivity contribution in [2.24, 2.45) is 52.3 Å². The highest BCUT2D eigenvalue weighted by atomic mass is 16.5. The predicted octanol–water partition coefficient (Wildman–Crippen LogP) is 6.55. The third kappa shape index (κ3) is 4.76. The minimum Gasteiger partial charge on any atom is -0.466 e. The number of hydrogen-bond acceptors (Lipinski definition) is 5. The molecule has 0 aromatic rings. The molecule has 0 aromatic carbocycles. The fourth-order valence-corrected chi connectivity index (χ4v) is 10.1. The molecule has 5 heteroatoms. The molecule has 4 aliphatic rings. The van der Waals surface area contributed by atoms with Crippen molar-refractivity contribution in [3.63, 3.8) is 0 Å². The van der Waals surface area contributed by atoms with E-state index in [0.717, 1.165) is 32.1 Å². The molecule has 5 nitrogen and oxygen atoms in total. The number of aliphatic hydroxyl groups is 1. The van der Waals surface area contributed by atoms with Crippen LogP contribution in [0.2, 0.25) is 0 Å². The van der Waals surface area contributed by atoms with E-state index in [0.29, 0.717) is 55.0 Å². The molecule has 4 saturated carbocycles. The molecule has 4 fully saturated rings. The van der Waals surface area contributed by atoms with Crippen molar-refractivity contribution < 1.29 is 24.2 Å². The maximum absolute atomic E-state index is 12.0. The highest BCUT2D eigenvalue weighted by Crippen LogP contribution is 2.69. The normalized spacial score (nSPS) is 44.6. The largest absolute Gasteiger partial charge is 0.466 e. The van der Waals surface area contributed by atoms with E-state index < -0.39 is 0 Å². The van der Waals surface area contributed by atoms with Crippen LogP contribution < -0.4 is 0 Å². The zero-order chi connectivity index (χ0) is 26.3. The van der Waals surface area contributed by atoms with Gasteiger partial charge in [-0.3, -0.25) is 9.59 Å². The van der Waals surface area contributed by atoms with Crippen molar-refractivity contribution in [1.29, 1.82) is 0 Å². The monoisotopic (exact) mass is 504 g/mol. The van der Waals surface area contributed by atoms with Gasteiger partial charge in [0.05, 0.1) is 12.7 Å². The van der Waals surface area contributed by atoms with Gasteiger partial charge in [0, 0.05) is 12.8 Å². The van der Waals surface area contributed by atoms with Crippen LogP contribution in [0.1, 0.15) is 112 Å². The summed E-state index contributed by atoms with van der Waals surface area (Å²) in [6.07, 6.45) is 10.4. The minimum absolute atomic E-state index is 0.0123. The molecule has 0 aliphatic heterocycles. The first-order valence-corrected chi connectivity index (χ1v) is 15.1. The average Bonchev–Trinajstić information content (AvgIpc) is 3.21. The molecule has 0 spiro atoms. The van der Waals surface area contributed by atoms with Crippen molar-refractivity contribution in [1.82, 2.24) is 0 Å². The van der Waals surface area contributed by atoms with Gasteiger partial charge in [-0.2, -0.15) is 0 Å². The van der Waals surface area contributed by atoms with E-state index in [1.807, 2.05) is 13.8 Å². The molecule has 0 unspecified atom stereocenters. The van der Waals surface area contributed by atoms with Gasteiger partial charge in [0.25, 0.3) is 0 Å². The molecule has 1 N–H and O–H groups in total. The predicted molar refractivity (Wildman–Crippen MR) is 141 cm³/mol. The molecule has 0 heterocycles. The van der Waals surface area contributed by atoms with Crippen molar-refractivity contribution in [3.05, 3.63) is 0 Å². The van der Waals surface area contributed by atoms with Crippen molar-refractivity contribution in [3.8, 4) is 0 Å². The fraction of sp³-hybridized carbons (Fsp3) is 0.935. The Bertz CT molecular complexity index is 796. The Morgan fingerprint density at radius 1 is 0.944 bits per heavy atom. The third-order valence-corrected chi connectivity index (χ3v) is 11.8. The van der Waals surface area contributed by atoms with E-state index >= 15 is 0 Å². The molecule has 0 saturated heterocycles. The highest BCUT2D eigenvalue weighted by molar-refractivity contribution is 5.69. The summed E-state index contributed by atoms with van der Waals surface area (Å²) in [5.41, 5.74) is 0.459. The second-order valence-corrected chi connectivity index (χ2v) is 13.3. The van der Waals surface area contributed by atoms with E-state index in [1.165, 1.54) is 25.7 Å². The van der Waals surface area contributed by atoms with Gasteiger partial charge >= 0.3 is 11.9 Å². The summed E-state index contributed by atoms with van der Waals surface area (Å²) >= 11 is 0. The SMILES string of the molecule is CCOC(=O)CC[C@@H](C)[C@H]1CC[C@H]2[C@@H]3[C@H](O)[C@H](CC)[C@@H]4C[C@H](OC(=O)CC)CC[C@]4(C)[C@H]3CC[C@]12C. The highest BCUT2D eigenvalue weighted by Gasteiger charge is 2.65. The van der Waals surface area contributed by atoms with Gasteiger partial charge in [-0.25, -0.2) is 0 Å². The second kappa shape index (κ2) is 10.9. The van der Waals surface area contributed by atoms with E-state index in [1.54, 1.807) is 0 Å². The maximum atomic E-state index is 12.0. The number of fused-ring (bicyclic) bond motifs is 5. The number of carbonyl (C=O) groups excluding carboxylic acids is 2. The van der Waals surface area contributed by atoms with Crippen LogP contribution in [-0.4, -0.2) is 35.9 Å². The van der Waals surface area contributed by atoms with Gasteiger partial charge in [0.1, 0.15) is 6.10 Å². The van der Waals surface area contributed by atoms with Crippen LogP contribution in [0.15, 0.2) is 0 Å². The van der Waals surface area contributed by atoms with Gasteiger partial charge < -0.3 is 14.6 Å². The molecule has 0 bridgehead atoms. The Hall–Kier alpha value is -1.10. The number of aliphatic hydroxyl groups excluding tert-OH is 1. The molecule has 36 heavy (non-hydrogen) atoms. The number of hydrogen-bond donors (Lipinski definition) is 1. The summed E-state index contributed by atoms with van der Waals surface area (Å²) in [4.78, 5) is 24.0. The van der Waals surface area contributed by atoms with Gasteiger partial charge in [-0.05, 0) is 111 Å². The quantitative estimate of drug-likeness (QED) is 0.379. The zero-order valence-corrected chi connectivity index (χ0v) is 23.8. The van der Waals surface area contributed by atoms with Crippen LogP contribution in [0.5, 0.6) is 0 Å². The lowest BCUT2D eigenvalue weighted by Gasteiger charge is -2.64. The first-order valence-electron chi connectivity index (χ1n) is 15.1. The fourth-order valence-electron chi connectivity index (χ4n) is 10.1. The lowest BCUT2D eigenvalue weighted by molar-refractivity contribution is -0.207. The molecule has 0 aromatic heterocycles. The van der Waals surface area contributed by atoms with Crippen molar-refractivity contribution in [2.45, 2.75) is 124 Å². The zero-order valence-electron chi connectivity index (χ0n) is 23.8. The van der Waals surface area contributed by atoms with E-state index in [-0.39, 0.29) is 40.9 Å². The first-order chi connectivity index (χ1) is 17.1. The molecule has 4 rings (SSSR count). The van der Waals surface area contributed by atoms with Crippen LogP contribution in [0.25, 0.3) is 0 Å². The Balaban J connectivity index is 1.53. The minimum atomic E-state index is -0.267. The van der Waals surface area contributed by atoms with Gasteiger partial charge in [-0.15, -0.1) is 0 Å².